The Balaban J connectivity index is 3.14. The van der Waals surface area contributed by atoms with E-state index < -0.39 is 0 Å². The molecule has 0 aliphatic carbocycles. The topological polar surface area (TPSA) is 26.3 Å². The molecule has 0 amide bonds. The summed E-state index contributed by atoms with van der Waals surface area (Å²) in [5, 5.41) is 0. The molecular weight excluding hydrogens is 296 g/mol. The molecule has 0 heterocycles. The Morgan fingerprint density at radius 2 is 1.38 bits per heavy atom. The minimum atomic E-state index is 0.744. The van der Waals surface area contributed by atoms with Crippen LogP contribution in [-0.4, -0.2) is 19.5 Å². The lowest BCUT2D eigenvalue weighted by atomic mass is 10.0. The molecule has 0 fully saturated rings. The maximum Gasteiger partial charge on any atom is 0.119 e. The highest BCUT2D eigenvalue weighted by atomic mass is 16.5. The zero-order valence-corrected chi connectivity index (χ0v) is 16.7. The molecule has 0 rings (SSSR count). The number of hydrogen-bond acceptors (Lipinski definition) is 2. The molecule has 0 spiro atoms. The molecule has 0 aromatic heterocycles. The van der Waals surface area contributed by atoms with Crippen LogP contribution in [0.25, 0.3) is 0 Å². The first kappa shape index (κ1) is 23.4. The Hall–Kier alpha value is -0.630. The second kappa shape index (κ2) is 18.7. The van der Waals surface area contributed by atoms with Crippen LogP contribution >= 0.6 is 0 Å². The van der Waals surface area contributed by atoms with Gasteiger partial charge in [-0.15, -0.1) is 0 Å². The highest BCUT2D eigenvalue weighted by molar-refractivity contribution is 5.48. The van der Waals surface area contributed by atoms with Gasteiger partial charge in [-0.25, -0.2) is 0 Å². The van der Waals surface area contributed by atoms with Crippen molar-refractivity contribution in [1.82, 2.24) is 0 Å². The van der Waals surface area contributed by atoms with E-state index in [-0.39, 0.29) is 0 Å². The van der Waals surface area contributed by atoms with Crippen LogP contribution in [0.15, 0.2) is 11.6 Å². The van der Waals surface area contributed by atoms with Gasteiger partial charge in [-0.1, -0.05) is 63.5 Å². The van der Waals surface area contributed by atoms with Crippen LogP contribution in [0.4, 0.5) is 0 Å². The Bertz CT molecular complexity index is 292. The van der Waals surface area contributed by atoms with Crippen molar-refractivity contribution in [2.45, 2.75) is 104 Å². The summed E-state index contributed by atoms with van der Waals surface area (Å²) in [7, 11) is 0. The summed E-state index contributed by atoms with van der Waals surface area (Å²) in [5.41, 5.74) is 1.43. The lowest BCUT2D eigenvalue weighted by molar-refractivity contribution is -0.107. The van der Waals surface area contributed by atoms with E-state index in [2.05, 4.69) is 26.8 Å². The zero-order chi connectivity index (χ0) is 17.9. The van der Waals surface area contributed by atoms with Crippen LogP contribution in [0, 0.1) is 5.92 Å². The van der Waals surface area contributed by atoms with Gasteiger partial charge in [0.05, 0.1) is 0 Å². The monoisotopic (exact) mass is 338 g/mol. The van der Waals surface area contributed by atoms with Crippen molar-refractivity contribution >= 4 is 6.29 Å². The molecule has 1 atom stereocenters. The first-order valence-electron chi connectivity index (χ1n) is 10.3. The molecule has 0 aromatic carbocycles. The van der Waals surface area contributed by atoms with Crippen LogP contribution in [0.5, 0.6) is 0 Å². The minimum absolute atomic E-state index is 0.744. The van der Waals surface area contributed by atoms with Gasteiger partial charge in [0, 0.05) is 19.6 Å². The van der Waals surface area contributed by atoms with Crippen molar-refractivity contribution in [3.63, 3.8) is 0 Å². The molecule has 0 N–H and O–H groups in total. The summed E-state index contributed by atoms with van der Waals surface area (Å²) in [6.07, 6.45) is 19.3. The number of unbranched alkanes of at least 4 members (excludes halogenated alkanes) is 9. The summed E-state index contributed by atoms with van der Waals surface area (Å²) in [5.74, 6) is 0.770. The first-order chi connectivity index (χ1) is 11.7. The molecule has 2 heteroatoms. The van der Waals surface area contributed by atoms with Gasteiger partial charge in [0.1, 0.15) is 6.29 Å². The third-order valence-corrected chi connectivity index (χ3v) is 4.58. The van der Waals surface area contributed by atoms with Gasteiger partial charge in [0.2, 0.25) is 0 Å². The third kappa shape index (κ3) is 19.4. The highest BCUT2D eigenvalue weighted by Gasteiger charge is 2.01. The molecule has 0 aromatic rings. The number of hydrogen-bond donors (Lipinski definition) is 0. The predicted molar refractivity (Wildman–Crippen MR) is 105 cm³/mol. The van der Waals surface area contributed by atoms with Crippen molar-refractivity contribution in [1.29, 1.82) is 0 Å². The van der Waals surface area contributed by atoms with Gasteiger partial charge >= 0.3 is 0 Å². The predicted octanol–water partition coefficient (Wildman–Crippen LogP) is 6.88. The van der Waals surface area contributed by atoms with Gasteiger partial charge in [-0.3, -0.25) is 0 Å². The molecular formula is C22H42O2. The van der Waals surface area contributed by atoms with Crippen molar-refractivity contribution in [3.05, 3.63) is 11.6 Å². The largest absolute Gasteiger partial charge is 0.381 e. The lowest BCUT2D eigenvalue weighted by Crippen LogP contribution is -2.03. The summed E-state index contributed by atoms with van der Waals surface area (Å²) < 4.78 is 5.77. The maximum absolute atomic E-state index is 10.2. The molecule has 0 saturated heterocycles. The Labute approximate surface area is 151 Å². The maximum atomic E-state index is 10.2. The number of aldehydes is 1. The second-order valence-corrected chi connectivity index (χ2v) is 7.50. The van der Waals surface area contributed by atoms with E-state index in [0.717, 1.165) is 38.3 Å². The molecule has 2 nitrogen and oxygen atoms in total. The fourth-order valence-corrected chi connectivity index (χ4v) is 2.86. The normalized spacial score (nSPS) is 12.1. The smallest absolute Gasteiger partial charge is 0.119 e. The van der Waals surface area contributed by atoms with Crippen LogP contribution in [-0.2, 0) is 9.53 Å². The summed E-state index contributed by atoms with van der Waals surface area (Å²) in [6.45, 7) is 8.54. The van der Waals surface area contributed by atoms with Crippen LogP contribution in [0.3, 0.4) is 0 Å². The van der Waals surface area contributed by atoms with E-state index in [1.807, 2.05) is 0 Å². The quantitative estimate of drug-likeness (QED) is 0.155. The SMILES string of the molecule is CC(C)=CCCC(C)CCOCCCCCCCCCCCC=O. The Morgan fingerprint density at radius 1 is 0.792 bits per heavy atom. The van der Waals surface area contributed by atoms with E-state index in [0.29, 0.717) is 0 Å². The molecule has 0 bridgehead atoms. The molecule has 0 saturated carbocycles. The molecule has 24 heavy (non-hydrogen) atoms. The molecule has 0 radical (unpaired) electrons. The van der Waals surface area contributed by atoms with Gasteiger partial charge in [0.15, 0.2) is 0 Å². The first-order valence-corrected chi connectivity index (χ1v) is 10.3. The van der Waals surface area contributed by atoms with E-state index in [1.165, 1.54) is 76.2 Å². The number of allylic oxidation sites excluding steroid dienone is 2. The zero-order valence-electron chi connectivity index (χ0n) is 16.7. The van der Waals surface area contributed by atoms with Crippen molar-refractivity contribution in [2.24, 2.45) is 5.92 Å². The van der Waals surface area contributed by atoms with E-state index >= 15 is 0 Å². The second-order valence-electron chi connectivity index (χ2n) is 7.50. The number of ether oxygens (including phenoxy) is 1. The van der Waals surface area contributed by atoms with Gasteiger partial charge in [-0.05, 0) is 51.9 Å². The van der Waals surface area contributed by atoms with Crippen molar-refractivity contribution < 1.29 is 9.53 Å². The minimum Gasteiger partial charge on any atom is -0.381 e. The summed E-state index contributed by atoms with van der Waals surface area (Å²) in [6, 6.07) is 0. The van der Waals surface area contributed by atoms with Gasteiger partial charge in [-0.2, -0.15) is 0 Å². The number of carbonyl (C=O) groups excluding carboxylic acids is 1. The van der Waals surface area contributed by atoms with Gasteiger partial charge < -0.3 is 9.53 Å². The third-order valence-electron chi connectivity index (χ3n) is 4.58. The molecule has 0 aliphatic heterocycles. The van der Waals surface area contributed by atoms with Crippen LogP contribution in [0.1, 0.15) is 104 Å². The molecule has 0 aliphatic rings. The fourth-order valence-electron chi connectivity index (χ4n) is 2.86. The average molecular weight is 339 g/mol. The average Bonchev–Trinajstić information content (AvgIpc) is 2.55. The highest BCUT2D eigenvalue weighted by Crippen LogP contribution is 2.13. The van der Waals surface area contributed by atoms with Crippen molar-refractivity contribution in [2.75, 3.05) is 13.2 Å². The van der Waals surface area contributed by atoms with Crippen molar-refractivity contribution in [3.8, 4) is 0 Å². The van der Waals surface area contributed by atoms with Crippen LogP contribution < -0.4 is 0 Å². The summed E-state index contributed by atoms with van der Waals surface area (Å²) >= 11 is 0. The fraction of sp³-hybridized carbons (Fsp3) is 0.864. The van der Waals surface area contributed by atoms with E-state index in [9.17, 15) is 4.79 Å². The number of carbonyl (C=O) groups is 1. The molecule has 1 unspecified atom stereocenters. The van der Waals surface area contributed by atoms with Crippen LogP contribution in [0.2, 0.25) is 0 Å². The van der Waals surface area contributed by atoms with Gasteiger partial charge in [0.25, 0.3) is 0 Å². The molecule has 142 valence electrons. The van der Waals surface area contributed by atoms with E-state index in [1.54, 1.807) is 0 Å². The lowest BCUT2D eigenvalue weighted by Gasteiger charge is -2.10. The Kier molecular flexibility index (Phi) is 18.2. The summed E-state index contributed by atoms with van der Waals surface area (Å²) in [4.78, 5) is 10.2. The number of rotatable bonds is 18. The standard InChI is InChI=1S/C22H42O2/c1-21(2)15-14-16-22(3)17-20-24-19-13-11-9-7-5-4-6-8-10-12-18-23/h15,18,22H,4-14,16-17,19-20H2,1-3H3. The Morgan fingerprint density at radius 3 is 1.96 bits per heavy atom. The van der Waals surface area contributed by atoms with E-state index in [4.69, 9.17) is 4.74 Å².